The van der Waals surface area contributed by atoms with Crippen LogP contribution in [0.1, 0.15) is 35.9 Å². The van der Waals surface area contributed by atoms with Gasteiger partial charge in [-0.25, -0.2) is 4.68 Å². The fourth-order valence-electron chi connectivity index (χ4n) is 4.35. The number of hydrogen-bond donors (Lipinski definition) is 0. The van der Waals surface area contributed by atoms with Crippen LogP contribution in [0.25, 0.3) is 0 Å². The van der Waals surface area contributed by atoms with Gasteiger partial charge in [0.15, 0.2) is 5.82 Å². The van der Waals surface area contributed by atoms with Crippen molar-refractivity contribution in [3.8, 4) is 0 Å². The molecule has 142 valence electrons. The van der Waals surface area contributed by atoms with Crippen molar-refractivity contribution in [3.05, 3.63) is 45.0 Å². The summed E-state index contributed by atoms with van der Waals surface area (Å²) in [6.07, 6.45) is 4.36. The maximum atomic E-state index is 12.4. The zero-order valence-electron chi connectivity index (χ0n) is 15.7. The van der Waals surface area contributed by atoms with Gasteiger partial charge in [0.1, 0.15) is 0 Å². The van der Waals surface area contributed by atoms with Gasteiger partial charge in [-0.3, -0.25) is 4.79 Å². The van der Waals surface area contributed by atoms with Crippen LogP contribution in [0.2, 0.25) is 0 Å². The van der Waals surface area contributed by atoms with E-state index in [1.54, 1.807) is 10.7 Å². The maximum Gasteiger partial charge on any atom is 0.267 e. The average molecular weight is 384 g/mol. The van der Waals surface area contributed by atoms with Crippen molar-refractivity contribution in [2.24, 2.45) is 11.8 Å². The van der Waals surface area contributed by atoms with E-state index < -0.39 is 0 Å². The topological polar surface area (TPSA) is 63.9 Å². The molecule has 1 saturated heterocycles. The first-order valence-corrected chi connectivity index (χ1v) is 11.1. The van der Waals surface area contributed by atoms with Crippen LogP contribution in [-0.2, 0) is 31.6 Å². The molecule has 6 nitrogen and oxygen atoms in total. The van der Waals surface area contributed by atoms with Crippen molar-refractivity contribution < 1.29 is 0 Å². The second-order valence-corrected chi connectivity index (χ2v) is 9.34. The summed E-state index contributed by atoms with van der Waals surface area (Å²) in [5.74, 6) is 4.19. The van der Waals surface area contributed by atoms with E-state index in [4.69, 9.17) is 0 Å². The zero-order valence-corrected chi connectivity index (χ0v) is 16.5. The van der Waals surface area contributed by atoms with Crippen molar-refractivity contribution in [2.75, 3.05) is 23.7 Å². The quantitative estimate of drug-likeness (QED) is 0.809. The number of aryl methyl sites for hydroxylation is 2. The van der Waals surface area contributed by atoms with E-state index in [2.05, 4.69) is 33.2 Å². The molecule has 2 aliphatic heterocycles. The summed E-state index contributed by atoms with van der Waals surface area (Å²) in [4.78, 5) is 14.6. The Bertz CT molecular complexity index is 921. The summed E-state index contributed by atoms with van der Waals surface area (Å²) in [6.45, 7) is 4.85. The lowest BCUT2D eigenvalue weighted by molar-refractivity contribution is 0.330. The number of hydrogen-bond acceptors (Lipinski definition) is 6. The van der Waals surface area contributed by atoms with E-state index in [1.807, 2.05) is 11.8 Å². The number of rotatable bonds is 3. The third kappa shape index (κ3) is 3.37. The van der Waals surface area contributed by atoms with Crippen LogP contribution in [0, 0.1) is 11.8 Å². The number of thioether (sulfide) groups is 1. The summed E-state index contributed by atoms with van der Waals surface area (Å²) >= 11 is 1.88. The Morgan fingerprint density at radius 2 is 2.04 bits per heavy atom. The smallest absolute Gasteiger partial charge is 0.267 e. The minimum atomic E-state index is 0.0391. The van der Waals surface area contributed by atoms with Crippen molar-refractivity contribution in [3.63, 3.8) is 0 Å². The molecule has 1 aliphatic carbocycles. The van der Waals surface area contributed by atoms with Gasteiger partial charge in [0, 0.05) is 37.2 Å². The van der Waals surface area contributed by atoms with Crippen molar-refractivity contribution in [1.29, 1.82) is 0 Å². The minimum absolute atomic E-state index is 0.0391. The van der Waals surface area contributed by atoms with E-state index in [-0.39, 0.29) is 5.56 Å². The predicted molar refractivity (Wildman–Crippen MR) is 107 cm³/mol. The Balaban J connectivity index is 1.25. The molecule has 27 heavy (non-hydrogen) atoms. The third-order valence-corrected chi connectivity index (χ3v) is 7.01. The van der Waals surface area contributed by atoms with E-state index >= 15 is 0 Å². The van der Waals surface area contributed by atoms with Gasteiger partial charge in [-0.1, -0.05) is 6.92 Å². The standard InChI is InChI=1S/C20H25N5OS/c1-13-2-3-17-15(6-13)7-19(22-21-17)24-9-14(10-24)11-25-20(26)8-16-12-27-5-4-18(16)23-25/h7-8,13-14H,2-6,9-12H2,1H3. The Morgan fingerprint density at radius 1 is 1.15 bits per heavy atom. The van der Waals surface area contributed by atoms with E-state index in [0.29, 0.717) is 12.5 Å². The number of aromatic nitrogens is 4. The Kier molecular flexibility index (Phi) is 4.42. The highest BCUT2D eigenvalue weighted by atomic mass is 32.2. The normalized spacial score (nSPS) is 22.1. The van der Waals surface area contributed by atoms with Crippen LogP contribution in [0.15, 0.2) is 16.9 Å². The molecule has 3 aliphatic rings. The summed E-state index contributed by atoms with van der Waals surface area (Å²) in [5.41, 5.74) is 4.82. The van der Waals surface area contributed by atoms with Crippen LogP contribution in [0.4, 0.5) is 5.82 Å². The molecule has 1 atom stereocenters. The monoisotopic (exact) mass is 383 g/mol. The van der Waals surface area contributed by atoms with Gasteiger partial charge in [0.2, 0.25) is 0 Å². The van der Waals surface area contributed by atoms with Crippen LogP contribution in [-0.4, -0.2) is 38.8 Å². The summed E-state index contributed by atoms with van der Waals surface area (Å²) in [7, 11) is 0. The molecule has 1 unspecified atom stereocenters. The van der Waals surface area contributed by atoms with E-state index in [1.165, 1.54) is 17.7 Å². The highest BCUT2D eigenvalue weighted by molar-refractivity contribution is 7.98. The third-order valence-electron chi connectivity index (χ3n) is 6.01. The highest BCUT2D eigenvalue weighted by Gasteiger charge is 2.30. The Labute approximate surface area is 163 Å². The van der Waals surface area contributed by atoms with E-state index in [0.717, 1.165) is 66.9 Å². The maximum absolute atomic E-state index is 12.4. The van der Waals surface area contributed by atoms with Gasteiger partial charge >= 0.3 is 0 Å². The molecule has 0 saturated carbocycles. The minimum Gasteiger partial charge on any atom is -0.354 e. The Morgan fingerprint density at radius 3 is 2.93 bits per heavy atom. The molecule has 5 rings (SSSR count). The second-order valence-electron chi connectivity index (χ2n) is 8.23. The van der Waals surface area contributed by atoms with Crippen molar-refractivity contribution in [2.45, 2.75) is 44.9 Å². The SMILES string of the molecule is CC1CCc2nnc(N3CC(Cn4nc5c(cc4=O)CSCC5)C3)cc2C1. The largest absolute Gasteiger partial charge is 0.354 e. The van der Waals surface area contributed by atoms with Gasteiger partial charge in [-0.15, -0.1) is 5.10 Å². The lowest BCUT2D eigenvalue weighted by Gasteiger charge is -2.40. The number of anilines is 1. The molecule has 0 aromatic carbocycles. The predicted octanol–water partition coefficient (Wildman–Crippen LogP) is 2.08. The summed E-state index contributed by atoms with van der Waals surface area (Å²) in [5, 5.41) is 13.6. The van der Waals surface area contributed by atoms with E-state index in [9.17, 15) is 4.79 Å². The molecule has 2 aromatic rings. The van der Waals surface area contributed by atoms with Gasteiger partial charge < -0.3 is 4.90 Å². The van der Waals surface area contributed by atoms with Crippen LogP contribution < -0.4 is 10.5 Å². The average Bonchev–Trinajstić information content (AvgIpc) is 2.64. The molecule has 0 N–H and O–H groups in total. The molecular formula is C20H25N5OS. The molecule has 2 aromatic heterocycles. The lowest BCUT2D eigenvalue weighted by atomic mass is 9.88. The van der Waals surface area contributed by atoms with Gasteiger partial charge in [-0.2, -0.15) is 22.0 Å². The molecule has 1 fully saturated rings. The molecule has 0 radical (unpaired) electrons. The Hall–Kier alpha value is -1.89. The number of nitrogens with zero attached hydrogens (tertiary/aromatic N) is 5. The van der Waals surface area contributed by atoms with Crippen molar-refractivity contribution in [1.82, 2.24) is 20.0 Å². The fourth-order valence-corrected chi connectivity index (χ4v) is 5.30. The first kappa shape index (κ1) is 17.2. The molecular weight excluding hydrogens is 358 g/mol. The summed E-state index contributed by atoms with van der Waals surface area (Å²) < 4.78 is 1.68. The van der Waals surface area contributed by atoms with Crippen LogP contribution >= 0.6 is 11.8 Å². The molecule has 4 heterocycles. The van der Waals surface area contributed by atoms with Gasteiger partial charge in [0.05, 0.1) is 17.9 Å². The van der Waals surface area contributed by atoms with Crippen molar-refractivity contribution >= 4 is 17.6 Å². The number of fused-ring (bicyclic) bond motifs is 2. The van der Waals surface area contributed by atoms with Crippen LogP contribution in [0.3, 0.4) is 0 Å². The van der Waals surface area contributed by atoms with Crippen LogP contribution in [0.5, 0.6) is 0 Å². The molecule has 0 amide bonds. The zero-order chi connectivity index (χ0) is 18.4. The molecule has 0 bridgehead atoms. The van der Waals surface area contributed by atoms with Gasteiger partial charge in [0.25, 0.3) is 5.56 Å². The lowest BCUT2D eigenvalue weighted by Crippen LogP contribution is -2.50. The fraction of sp³-hybridized carbons (Fsp3) is 0.600. The van der Waals surface area contributed by atoms with Gasteiger partial charge in [-0.05, 0) is 48.1 Å². The first-order chi connectivity index (χ1) is 13.2. The second kappa shape index (κ2) is 6.93. The molecule has 0 spiro atoms. The first-order valence-electron chi connectivity index (χ1n) is 9.94. The molecule has 7 heteroatoms. The highest BCUT2D eigenvalue weighted by Crippen LogP contribution is 2.29. The summed E-state index contributed by atoms with van der Waals surface area (Å²) in [6, 6.07) is 4.02.